The monoisotopic (exact) mass is 389 g/mol. The maximum absolute atomic E-state index is 12.4. The number of likely N-dealkylation sites (tertiary alicyclic amines) is 1. The number of aromatic nitrogens is 2. The van der Waals surface area contributed by atoms with Crippen molar-refractivity contribution in [2.24, 2.45) is 11.4 Å². The summed E-state index contributed by atoms with van der Waals surface area (Å²) in [5, 5.41) is 6.84. The average Bonchev–Trinajstić information content (AvgIpc) is 3.22. The molecule has 1 N–H and O–H groups in total. The molecule has 0 unspecified atom stereocenters. The van der Waals surface area contributed by atoms with Crippen molar-refractivity contribution in [3.05, 3.63) is 42.2 Å². The third-order valence-corrected chi connectivity index (χ3v) is 5.71. The maximum Gasteiger partial charge on any atom is 0.283 e. The molecular formula is C18H23N5O3S. The predicted octanol–water partition coefficient (Wildman–Crippen LogP) is 1.80. The highest BCUT2D eigenvalue weighted by Crippen LogP contribution is 2.19. The molecule has 1 aliphatic heterocycles. The van der Waals surface area contributed by atoms with Gasteiger partial charge in [0.25, 0.3) is 10.0 Å². The molecule has 1 aromatic carbocycles. The summed E-state index contributed by atoms with van der Waals surface area (Å²) in [6.45, 7) is 0.818. The second kappa shape index (κ2) is 7.91. The molecule has 2 heterocycles. The van der Waals surface area contributed by atoms with Crippen LogP contribution in [0.3, 0.4) is 0 Å². The Hall–Kier alpha value is -2.68. The zero-order valence-corrected chi connectivity index (χ0v) is 16.2. The van der Waals surface area contributed by atoms with Crippen molar-refractivity contribution in [3.63, 3.8) is 0 Å². The highest BCUT2D eigenvalue weighted by Gasteiger charge is 2.20. The molecule has 144 valence electrons. The molecule has 8 nitrogen and oxygen atoms in total. The van der Waals surface area contributed by atoms with Gasteiger partial charge in [-0.25, -0.2) is 0 Å². The van der Waals surface area contributed by atoms with E-state index in [9.17, 15) is 13.2 Å². The fourth-order valence-electron chi connectivity index (χ4n) is 2.89. The summed E-state index contributed by atoms with van der Waals surface area (Å²) in [5.41, 5.74) is 1.54. The zero-order valence-electron chi connectivity index (χ0n) is 15.4. The number of benzene rings is 1. The standard InChI is InChI=1S/C18H23N5O3S/c1-22-11-3-4-17(22)21-27(25,26)16-8-6-15(7-9-16)20-18(24)10-5-14-12-19-23(2)13-14/h6-9,12-13H,3-5,10-11H2,1-2H3,(H,20,24)/b21-17-. The van der Waals surface area contributed by atoms with E-state index >= 15 is 0 Å². The van der Waals surface area contributed by atoms with Gasteiger partial charge in [-0.15, -0.1) is 4.40 Å². The highest BCUT2D eigenvalue weighted by atomic mass is 32.2. The summed E-state index contributed by atoms with van der Waals surface area (Å²) in [6, 6.07) is 6.08. The lowest BCUT2D eigenvalue weighted by atomic mass is 10.2. The van der Waals surface area contributed by atoms with Crippen molar-refractivity contribution in [1.29, 1.82) is 0 Å². The van der Waals surface area contributed by atoms with Crippen LogP contribution in [0.4, 0.5) is 5.69 Å². The molecule has 1 saturated heterocycles. The maximum atomic E-state index is 12.4. The molecule has 0 spiro atoms. The van der Waals surface area contributed by atoms with E-state index in [1.54, 1.807) is 23.0 Å². The Kier molecular flexibility index (Phi) is 5.59. The van der Waals surface area contributed by atoms with Gasteiger partial charge in [-0.3, -0.25) is 9.48 Å². The summed E-state index contributed by atoms with van der Waals surface area (Å²) < 4.78 is 30.5. The van der Waals surface area contributed by atoms with E-state index < -0.39 is 10.0 Å². The summed E-state index contributed by atoms with van der Waals surface area (Å²) in [6.07, 6.45) is 6.10. The van der Waals surface area contributed by atoms with E-state index in [1.807, 2.05) is 25.2 Å². The Labute approximate surface area is 159 Å². The van der Waals surface area contributed by atoms with Crippen LogP contribution < -0.4 is 5.32 Å². The fraction of sp³-hybridized carbons (Fsp3) is 0.389. The predicted molar refractivity (Wildman–Crippen MR) is 103 cm³/mol. The first kappa shape index (κ1) is 19.1. The SMILES string of the molecule is CN1CCC/C1=N/S(=O)(=O)c1ccc(NC(=O)CCc2cnn(C)c2)cc1. The van der Waals surface area contributed by atoms with Crippen LogP contribution in [0.15, 0.2) is 46.0 Å². The van der Waals surface area contributed by atoms with Gasteiger partial charge in [-0.2, -0.15) is 13.5 Å². The number of hydrogen-bond acceptors (Lipinski definition) is 4. The Bertz CT molecular complexity index is 948. The number of anilines is 1. The van der Waals surface area contributed by atoms with Crippen LogP contribution >= 0.6 is 0 Å². The van der Waals surface area contributed by atoms with Gasteiger partial charge in [0, 0.05) is 45.4 Å². The van der Waals surface area contributed by atoms with Gasteiger partial charge in [0.1, 0.15) is 5.84 Å². The summed E-state index contributed by atoms with van der Waals surface area (Å²) >= 11 is 0. The lowest BCUT2D eigenvalue weighted by Crippen LogP contribution is -2.20. The van der Waals surface area contributed by atoms with Gasteiger partial charge in [-0.05, 0) is 42.7 Å². The summed E-state index contributed by atoms with van der Waals surface area (Å²) in [5.74, 6) is 0.449. The number of amidine groups is 1. The molecule has 27 heavy (non-hydrogen) atoms. The molecule has 1 aromatic heterocycles. The number of nitrogens with one attached hydrogen (secondary N) is 1. The van der Waals surface area contributed by atoms with Crippen molar-refractivity contribution >= 4 is 27.5 Å². The molecule has 1 aliphatic rings. The number of aryl methyl sites for hydroxylation is 2. The third-order valence-electron chi connectivity index (χ3n) is 4.40. The van der Waals surface area contributed by atoms with Crippen molar-refractivity contribution in [2.75, 3.05) is 18.9 Å². The molecule has 0 bridgehead atoms. The molecule has 3 rings (SSSR count). The van der Waals surface area contributed by atoms with Crippen LogP contribution in [0, 0.1) is 0 Å². The van der Waals surface area contributed by atoms with E-state index in [-0.39, 0.29) is 10.8 Å². The average molecular weight is 389 g/mol. The molecule has 1 amide bonds. The van der Waals surface area contributed by atoms with Crippen LogP contribution in [0.5, 0.6) is 0 Å². The highest BCUT2D eigenvalue weighted by molar-refractivity contribution is 7.90. The number of amides is 1. The van der Waals surface area contributed by atoms with E-state index in [1.165, 1.54) is 12.1 Å². The van der Waals surface area contributed by atoms with E-state index in [4.69, 9.17) is 0 Å². The molecule has 0 atom stereocenters. The number of nitrogens with zero attached hydrogens (tertiary/aromatic N) is 4. The normalized spacial score (nSPS) is 16.1. The van der Waals surface area contributed by atoms with Gasteiger partial charge in [0.05, 0.1) is 11.1 Å². The number of hydrogen-bond donors (Lipinski definition) is 1. The lowest BCUT2D eigenvalue weighted by Gasteiger charge is -2.11. The first-order valence-electron chi connectivity index (χ1n) is 8.76. The topological polar surface area (TPSA) is 96.7 Å². The third kappa shape index (κ3) is 4.94. The lowest BCUT2D eigenvalue weighted by molar-refractivity contribution is -0.116. The largest absolute Gasteiger partial charge is 0.362 e. The number of carbonyl (C=O) groups excluding carboxylic acids is 1. The molecule has 9 heteroatoms. The van der Waals surface area contributed by atoms with Gasteiger partial charge in [0.15, 0.2) is 0 Å². The Morgan fingerprint density at radius 3 is 2.59 bits per heavy atom. The molecular weight excluding hydrogens is 366 g/mol. The Balaban J connectivity index is 1.60. The zero-order chi connectivity index (χ0) is 19.4. The van der Waals surface area contributed by atoms with E-state index in [2.05, 4.69) is 14.8 Å². The van der Waals surface area contributed by atoms with Crippen molar-refractivity contribution < 1.29 is 13.2 Å². The van der Waals surface area contributed by atoms with Gasteiger partial charge >= 0.3 is 0 Å². The molecule has 1 fully saturated rings. The molecule has 0 saturated carbocycles. The van der Waals surface area contributed by atoms with Gasteiger partial charge < -0.3 is 10.2 Å². The molecule has 0 radical (unpaired) electrons. The summed E-state index contributed by atoms with van der Waals surface area (Å²) in [4.78, 5) is 14.0. The molecule has 2 aromatic rings. The van der Waals surface area contributed by atoms with E-state index in [0.717, 1.165) is 18.5 Å². The Morgan fingerprint density at radius 2 is 2.00 bits per heavy atom. The van der Waals surface area contributed by atoms with Crippen LogP contribution in [0.1, 0.15) is 24.8 Å². The van der Waals surface area contributed by atoms with Crippen molar-refractivity contribution in [2.45, 2.75) is 30.6 Å². The minimum Gasteiger partial charge on any atom is -0.362 e. The van der Waals surface area contributed by atoms with Gasteiger partial charge in [0.2, 0.25) is 5.91 Å². The smallest absolute Gasteiger partial charge is 0.283 e. The van der Waals surface area contributed by atoms with Crippen LogP contribution in [0.25, 0.3) is 0 Å². The van der Waals surface area contributed by atoms with Crippen LogP contribution in [0.2, 0.25) is 0 Å². The minimum absolute atomic E-state index is 0.114. The van der Waals surface area contributed by atoms with Crippen molar-refractivity contribution in [3.8, 4) is 0 Å². The summed E-state index contributed by atoms with van der Waals surface area (Å²) in [7, 11) is -0.0746. The number of sulfonamides is 1. The van der Waals surface area contributed by atoms with Crippen LogP contribution in [-0.2, 0) is 28.3 Å². The number of rotatable bonds is 6. The van der Waals surface area contributed by atoms with Gasteiger partial charge in [-0.1, -0.05) is 0 Å². The number of carbonyl (C=O) groups is 1. The molecule has 0 aliphatic carbocycles. The first-order valence-corrected chi connectivity index (χ1v) is 10.2. The Morgan fingerprint density at radius 1 is 1.26 bits per heavy atom. The second-order valence-electron chi connectivity index (χ2n) is 6.60. The van der Waals surface area contributed by atoms with Crippen LogP contribution in [-0.4, -0.2) is 48.4 Å². The second-order valence-corrected chi connectivity index (χ2v) is 8.21. The minimum atomic E-state index is -3.74. The van der Waals surface area contributed by atoms with E-state index in [0.29, 0.717) is 30.8 Å². The first-order chi connectivity index (χ1) is 12.8. The quantitative estimate of drug-likeness (QED) is 0.813. The fourth-order valence-corrected chi connectivity index (χ4v) is 3.99. The van der Waals surface area contributed by atoms with Crippen molar-refractivity contribution in [1.82, 2.24) is 14.7 Å².